The number of amides is 2. The molecule has 0 aromatic rings. The number of carboxylic acid groups (broad SMARTS) is 1. The predicted octanol–water partition coefficient (Wildman–Crippen LogP) is 2.22. The van der Waals surface area contributed by atoms with Gasteiger partial charge in [-0.2, -0.15) is 0 Å². The number of hydrogen-bond donors (Lipinski definition) is 2. The minimum Gasteiger partial charge on any atom is -0.480 e. The normalized spacial score (nSPS) is 20.6. The fourth-order valence-corrected chi connectivity index (χ4v) is 3.28. The lowest BCUT2D eigenvalue weighted by molar-refractivity contribution is -0.138. The molecule has 5 nitrogen and oxygen atoms in total. The van der Waals surface area contributed by atoms with Crippen LogP contribution in [0, 0.1) is 5.92 Å². The Kier molecular flexibility index (Phi) is 5.05. The molecule has 2 N–H and O–H groups in total. The van der Waals surface area contributed by atoms with Gasteiger partial charge in [-0.25, -0.2) is 4.79 Å². The number of nitrogens with one attached hydrogen (secondary N) is 1. The minimum atomic E-state index is -0.928. The van der Waals surface area contributed by atoms with Crippen molar-refractivity contribution in [3.63, 3.8) is 0 Å². The molecule has 0 aromatic heterocycles. The molecule has 108 valence electrons. The summed E-state index contributed by atoms with van der Waals surface area (Å²) in [4.78, 5) is 24.6. The zero-order valence-corrected chi connectivity index (χ0v) is 11.4. The lowest BCUT2D eigenvalue weighted by Gasteiger charge is -2.28. The van der Waals surface area contributed by atoms with Gasteiger partial charge in [0.15, 0.2) is 0 Å². The lowest BCUT2D eigenvalue weighted by Crippen LogP contribution is -2.48. The maximum atomic E-state index is 12.2. The molecule has 0 radical (unpaired) electrons. The van der Waals surface area contributed by atoms with Gasteiger partial charge < -0.3 is 15.3 Å². The number of rotatable bonds is 5. The highest BCUT2D eigenvalue weighted by Crippen LogP contribution is 2.25. The lowest BCUT2D eigenvalue weighted by atomic mass is 10.1. The van der Waals surface area contributed by atoms with E-state index in [1.165, 1.54) is 30.6 Å². The Balaban J connectivity index is 1.84. The van der Waals surface area contributed by atoms with Crippen LogP contribution < -0.4 is 5.32 Å². The molecule has 2 aliphatic carbocycles. The highest BCUT2D eigenvalue weighted by Gasteiger charge is 2.28. The Morgan fingerprint density at radius 2 is 1.63 bits per heavy atom. The van der Waals surface area contributed by atoms with Gasteiger partial charge in [0.25, 0.3) is 0 Å². The summed E-state index contributed by atoms with van der Waals surface area (Å²) in [7, 11) is 0. The smallest absolute Gasteiger partial charge is 0.323 e. The topological polar surface area (TPSA) is 69.6 Å². The molecule has 2 rings (SSSR count). The summed E-state index contributed by atoms with van der Waals surface area (Å²) >= 11 is 0. The Morgan fingerprint density at radius 3 is 2.21 bits per heavy atom. The summed E-state index contributed by atoms with van der Waals surface area (Å²) in [6.45, 7) is 0.517. The number of hydrogen-bond acceptors (Lipinski definition) is 2. The number of urea groups is 1. The molecule has 0 spiro atoms. The van der Waals surface area contributed by atoms with E-state index in [2.05, 4.69) is 5.32 Å². The third kappa shape index (κ3) is 4.11. The fraction of sp³-hybridized carbons (Fsp3) is 0.857. The highest BCUT2D eigenvalue weighted by molar-refractivity contribution is 5.80. The van der Waals surface area contributed by atoms with Gasteiger partial charge in [-0.3, -0.25) is 4.79 Å². The van der Waals surface area contributed by atoms with E-state index >= 15 is 0 Å². The molecular formula is C14H24N2O3. The molecule has 2 aliphatic rings. The Labute approximate surface area is 114 Å². The van der Waals surface area contributed by atoms with Crippen LogP contribution in [0.15, 0.2) is 0 Å². The summed E-state index contributed by atoms with van der Waals surface area (Å²) < 4.78 is 0. The molecule has 19 heavy (non-hydrogen) atoms. The van der Waals surface area contributed by atoms with Crippen LogP contribution in [0.4, 0.5) is 4.79 Å². The van der Waals surface area contributed by atoms with Gasteiger partial charge in [0, 0.05) is 12.6 Å². The van der Waals surface area contributed by atoms with E-state index in [1.54, 1.807) is 0 Å². The summed E-state index contributed by atoms with van der Waals surface area (Å²) in [5, 5.41) is 11.9. The van der Waals surface area contributed by atoms with Gasteiger partial charge in [-0.1, -0.05) is 25.7 Å². The van der Waals surface area contributed by atoms with Crippen molar-refractivity contribution in [1.82, 2.24) is 10.2 Å². The highest BCUT2D eigenvalue weighted by atomic mass is 16.4. The van der Waals surface area contributed by atoms with E-state index in [1.807, 2.05) is 0 Å². The van der Waals surface area contributed by atoms with Gasteiger partial charge in [0.05, 0.1) is 0 Å². The van der Waals surface area contributed by atoms with Gasteiger partial charge >= 0.3 is 12.0 Å². The number of carboxylic acids is 1. The van der Waals surface area contributed by atoms with Gasteiger partial charge in [-0.15, -0.1) is 0 Å². The second kappa shape index (κ2) is 6.78. The molecular weight excluding hydrogens is 244 g/mol. The van der Waals surface area contributed by atoms with Crippen molar-refractivity contribution >= 4 is 12.0 Å². The van der Waals surface area contributed by atoms with Crippen LogP contribution in [0.3, 0.4) is 0 Å². The monoisotopic (exact) mass is 268 g/mol. The van der Waals surface area contributed by atoms with E-state index in [0.717, 1.165) is 25.7 Å². The van der Waals surface area contributed by atoms with E-state index in [0.29, 0.717) is 12.5 Å². The molecule has 2 fully saturated rings. The fourth-order valence-electron chi connectivity index (χ4n) is 3.28. The van der Waals surface area contributed by atoms with Crippen molar-refractivity contribution in [1.29, 1.82) is 0 Å². The first-order chi connectivity index (χ1) is 9.16. The Bertz CT molecular complexity index is 321. The van der Waals surface area contributed by atoms with E-state index < -0.39 is 5.97 Å². The van der Waals surface area contributed by atoms with Crippen molar-refractivity contribution in [3.05, 3.63) is 0 Å². The Morgan fingerprint density at radius 1 is 1.05 bits per heavy atom. The summed E-state index contributed by atoms with van der Waals surface area (Å²) in [5.41, 5.74) is 0. The van der Waals surface area contributed by atoms with Crippen LogP contribution in [0.2, 0.25) is 0 Å². The number of carbonyl (C=O) groups is 2. The summed E-state index contributed by atoms with van der Waals surface area (Å²) in [6, 6.07) is -0.0825. The van der Waals surface area contributed by atoms with E-state index in [-0.39, 0.29) is 18.6 Å². The summed E-state index contributed by atoms with van der Waals surface area (Å²) in [5.74, 6) is -0.345. The maximum Gasteiger partial charge on any atom is 0.323 e. The quantitative estimate of drug-likeness (QED) is 0.803. The molecule has 0 aromatic carbocycles. The van der Waals surface area contributed by atoms with Crippen LogP contribution in [-0.4, -0.2) is 41.1 Å². The molecule has 5 heteroatoms. The molecule has 0 unspecified atom stereocenters. The molecule has 0 aliphatic heterocycles. The van der Waals surface area contributed by atoms with Gasteiger partial charge in [0.2, 0.25) is 0 Å². The van der Waals surface area contributed by atoms with Crippen molar-refractivity contribution in [2.24, 2.45) is 5.92 Å². The van der Waals surface area contributed by atoms with Gasteiger partial charge in [-0.05, 0) is 31.6 Å². The van der Waals surface area contributed by atoms with E-state index in [4.69, 9.17) is 5.11 Å². The van der Waals surface area contributed by atoms with Crippen LogP contribution in [-0.2, 0) is 4.79 Å². The first kappa shape index (κ1) is 14.2. The van der Waals surface area contributed by atoms with Crippen LogP contribution in [0.5, 0.6) is 0 Å². The number of carbonyl (C=O) groups excluding carboxylic acids is 1. The SMILES string of the molecule is O=C(O)CN(C(=O)NCC1CCCC1)C1CCCC1. The molecule has 0 heterocycles. The van der Waals surface area contributed by atoms with E-state index in [9.17, 15) is 9.59 Å². The van der Waals surface area contributed by atoms with Crippen molar-refractivity contribution in [2.75, 3.05) is 13.1 Å². The van der Waals surface area contributed by atoms with Crippen LogP contribution in [0.25, 0.3) is 0 Å². The molecule has 2 saturated carbocycles. The minimum absolute atomic E-state index is 0.111. The second-order valence-electron chi connectivity index (χ2n) is 5.80. The second-order valence-corrected chi connectivity index (χ2v) is 5.80. The Hall–Kier alpha value is -1.26. The molecule has 0 bridgehead atoms. The van der Waals surface area contributed by atoms with Crippen LogP contribution >= 0.6 is 0 Å². The first-order valence-corrected chi connectivity index (χ1v) is 7.43. The molecule has 2 amide bonds. The zero-order valence-electron chi connectivity index (χ0n) is 11.4. The van der Waals surface area contributed by atoms with Gasteiger partial charge in [0.1, 0.15) is 6.54 Å². The zero-order chi connectivity index (χ0) is 13.7. The largest absolute Gasteiger partial charge is 0.480 e. The maximum absolute atomic E-state index is 12.2. The third-order valence-corrected chi connectivity index (χ3v) is 4.35. The third-order valence-electron chi connectivity index (χ3n) is 4.35. The van der Waals surface area contributed by atoms with Crippen molar-refractivity contribution in [2.45, 2.75) is 57.4 Å². The molecule has 0 atom stereocenters. The number of aliphatic carboxylic acids is 1. The van der Waals surface area contributed by atoms with Crippen LogP contribution in [0.1, 0.15) is 51.4 Å². The summed E-state index contributed by atoms with van der Waals surface area (Å²) in [6.07, 6.45) is 8.93. The first-order valence-electron chi connectivity index (χ1n) is 7.43. The predicted molar refractivity (Wildman–Crippen MR) is 72.0 cm³/mol. The average Bonchev–Trinajstić information content (AvgIpc) is 3.05. The van der Waals surface area contributed by atoms with Crippen molar-refractivity contribution < 1.29 is 14.7 Å². The van der Waals surface area contributed by atoms with Crippen molar-refractivity contribution in [3.8, 4) is 0 Å². The molecule has 0 saturated heterocycles. The number of nitrogens with zero attached hydrogens (tertiary/aromatic N) is 1. The average molecular weight is 268 g/mol. The standard InChI is InChI=1S/C14H24N2O3/c17-13(18)10-16(12-7-3-4-8-12)14(19)15-9-11-5-1-2-6-11/h11-12H,1-10H2,(H,15,19)(H,17,18).